The number of rotatable bonds is 7. The van der Waals surface area contributed by atoms with Gasteiger partial charge in [-0.15, -0.1) is 11.3 Å². The molecule has 8 aromatic carbocycles. The van der Waals surface area contributed by atoms with Crippen LogP contribution in [0, 0.1) is 0 Å². The maximum absolute atomic E-state index is 5.35. The van der Waals surface area contributed by atoms with E-state index in [9.17, 15) is 0 Å². The number of nitrogens with zero attached hydrogens (tertiary/aromatic N) is 5. The average molecular weight is 772 g/mol. The van der Waals surface area contributed by atoms with Gasteiger partial charge in [0.2, 0.25) is 0 Å². The van der Waals surface area contributed by atoms with Gasteiger partial charge in [-0.2, -0.15) is 0 Å². The highest BCUT2D eigenvalue weighted by atomic mass is 32.1. The number of aromatic nitrogens is 5. The van der Waals surface area contributed by atoms with E-state index >= 15 is 0 Å². The van der Waals surface area contributed by atoms with E-state index in [0.717, 1.165) is 55.9 Å². The maximum Gasteiger partial charge on any atom is 0.164 e. The van der Waals surface area contributed by atoms with Crippen LogP contribution in [0.3, 0.4) is 0 Å². The smallest absolute Gasteiger partial charge is 0.164 e. The third-order valence-electron chi connectivity index (χ3n) is 10.7. The first-order chi connectivity index (χ1) is 29.2. The SMILES string of the molecule is c1ccc(-c2cc(-c3cccc(-c4cccc(-c5nc(-c6ccccc6)nc(-c6ccccc6)n5)c4)c3)nc(-c3cccc4ccc5c6ccccc6sc5c34)n2)cc1. The molecule has 0 saturated carbocycles. The van der Waals surface area contributed by atoms with E-state index in [2.05, 4.69) is 133 Å². The number of thiophene rings is 1. The molecule has 0 aliphatic carbocycles. The summed E-state index contributed by atoms with van der Waals surface area (Å²) in [6, 6.07) is 69.2. The van der Waals surface area contributed by atoms with Crippen LogP contribution in [0.25, 0.3) is 110 Å². The van der Waals surface area contributed by atoms with Gasteiger partial charge >= 0.3 is 0 Å². The van der Waals surface area contributed by atoms with Crippen molar-refractivity contribution in [2.24, 2.45) is 0 Å². The normalized spacial score (nSPS) is 11.4. The number of fused-ring (bicyclic) bond motifs is 5. The molecule has 59 heavy (non-hydrogen) atoms. The molecule has 0 radical (unpaired) electrons. The third kappa shape index (κ3) is 6.52. The van der Waals surface area contributed by atoms with Crippen molar-refractivity contribution in [2.45, 2.75) is 0 Å². The predicted octanol–water partition coefficient (Wildman–Crippen LogP) is 13.9. The Bertz CT molecular complexity index is 3270. The van der Waals surface area contributed by atoms with Crippen LogP contribution in [0.15, 0.2) is 200 Å². The van der Waals surface area contributed by atoms with E-state index in [1.54, 1.807) is 0 Å². The highest BCUT2D eigenvalue weighted by Gasteiger charge is 2.18. The highest BCUT2D eigenvalue weighted by molar-refractivity contribution is 7.26. The quantitative estimate of drug-likeness (QED) is 0.161. The fourth-order valence-corrected chi connectivity index (χ4v) is 9.12. The molecule has 276 valence electrons. The molecule has 0 saturated heterocycles. The van der Waals surface area contributed by atoms with Crippen molar-refractivity contribution in [1.29, 1.82) is 0 Å². The predicted molar refractivity (Wildman–Crippen MR) is 244 cm³/mol. The van der Waals surface area contributed by atoms with E-state index in [1.807, 2.05) is 78.1 Å². The molecule has 3 heterocycles. The zero-order valence-corrected chi connectivity index (χ0v) is 32.5. The summed E-state index contributed by atoms with van der Waals surface area (Å²) in [5, 5.41) is 4.87. The Balaban J connectivity index is 1.04. The van der Waals surface area contributed by atoms with Crippen LogP contribution >= 0.6 is 11.3 Å². The van der Waals surface area contributed by atoms with Crippen LogP contribution in [-0.4, -0.2) is 24.9 Å². The molecule has 6 heteroatoms. The van der Waals surface area contributed by atoms with Gasteiger partial charge in [0, 0.05) is 58.9 Å². The number of hydrogen-bond acceptors (Lipinski definition) is 6. The largest absolute Gasteiger partial charge is 0.228 e. The molecule has 11 rings (SSSR count). The van der Waals surface area contributed by atoms with Crippen molar-refractivity contribution >= 4 is 42.3 Å². The minimum atomic E-state index is 0.617. The molecule has 3 aromatic heterocycles. The first-order valence-corrected chi connectivity index (χ1v) is 20.4. The van der Waals surface area contributed by atoms with E-state index in [1.165, 1.54) is 30.9 Å². The van der Waals surface area contributed by atoms with Gasteiger partial charge in [0.15, 0.2) is 23.3 Å². The lowest BCUT2D eigenvalue weighted by molar-refractivity contribution is 1.07. The zero-order valence-electron chi connectivity index (χ0n) is 31.7. The molecule has 0 atom stereocenters. The van der Waals surface area contributed by atoms with Crippen LogP contribution in [0.2, 0.25) is 0 Å². The highest BCUT2D eigenvalue weighted by Crippen LogP contribution is 2.42. The molecular formula is C53H33N5S. The third-order valence-corrected chi connectivity index (χ3v) is 11.9. The van der Waals surface area contributed by atoms with Crippen LogP contribution in [0.1, 0.15) is 0 Å². The van der Waals surface area contributed by atoms with Gasteiger partial charge in [-0.1, -0.05) is 176 Å². The molecular weight excluding hydrogens is 739 g/mol. The maximum atomic E-state index is 5.35. The van der Waals surface area contributed by atoms with E-state index in [-0.39, 0.29) is 0 Å². The van der Waals surface area contributed by atoms with Gasteiger partial charge < -0.3 is 0 Å². The second-order valence-corrected chi connectivity index (χ2v) is 15.5. The first kappa shape index (κ1) is 34.6. The Kier molecular flexibility index (Phi) is 8.60. The Hall–Kier alpha value is -7.67. The Labute approximate surface area is 345 Å². The van der Waals surface area contributed by atoms with E-state index in [0.29, 0.717) is 23.3 Å². The fourth-order valence-electron chi connectivity index (χ4n) is 7.84. The van der Waals surface area contributed by atoms with Crippen LogP contribution in [0.5, 0.6) is 0 Å². The lowest BCUT2D eigenvalue weighted by atomic mass is 9.98. The van der Waals surface area contributed by atoms with Crippen molar-refractivity contribution in [3.05, 3.63) is 200 Å². The van der Waals surface area contributed by atoms with E-state index < -0.39 is 0 Å². The van der Waals surface area contributed by atoms with Gasteiger partial charge in [-0.25, -0.2) is 24.9 Å². The summed E-state index contributed by atoms with van der Waals surface area (Å²) in [6.45, 7) is 0. The second-order valence-electron chi connectivity index (χ2n) is 14.5. The lowest BCUT2D eigenvalue weighted by Gasteiger charge is -2.13. The van der Waals surface area contributed by atoms with Crippen molar-refractivity contribution in [1.82, 2.24) is 24.9 Å². The van der Waals surface area contributed by atoms with Gasteiger partial charge in [0.25, 0.3) is 0 Å². The van der Waals surface area contributed by atoms with E-state index in [4.69, 9.17) is 24.9 Å². The van der Waals surface area contributed by atoms with Gasteiger partial charge in [0.1, 0.15) is 0 Å². The summed E-state index contributed by atoms with van der Waals surface area (Å²) in [5.74, 6) is 2.58. The number of benzene rings is 8. The Morgan fingerprint density at radius 1 is 0.305 bits per heavy atom. The zero-order chi connectivity index (χ0) is 39.1. The van der Waals surface area contributed by atoms with Crippen molar-refractivity contribution in [3.63, 3.8) is 0 Å². The molecule has 0 bridgehead atoms. The Morgan fingerprint density at radius 3 is 1.49 bits per heavy atom. The molecule has 11 aromatic rings. The summed E-state index contributed by atoms with van der Waals surface area (Å²) in [7, 11) is 0. The summed E-state index contributed by atoms with van der Waals surface area (Å²) in [4.78, 5) is 25.5. The standard InChI is InChI=1S/C53H33N5S/c1-4-15-34(16-5-1)45-33-46(55-53(54-45)44-27-14-21-35-29-30-43-42-26-10-11-28-47(42)59-49(43)48(35)44)40-24-12-22-38(31-40)39-23-13-25-41(32-39)52-57-50(36-17-6-2-7-18-36)56-51(58-52)37-19-8-3-9-20-37/h1-33H. The molecule has 0 aliphatic rings. The molecule has 0 spiro atoms. The summed E-state index contributed by atoms with van der Waals surface area (Å²) in [6.07, 6.45) is 0. The minimum absolute atomic E-state index is 0.617. The molecule has 0 aliphatic heterocycles. The fraction of sp³-hybridized carbons (Fsp3) is 0. The van der Waals surface area contributed by atoms with Crippen LogP contribution in [-0.2, 0) is 0 Å². The number of hydrogen-bond donors (Lipinski definition) is 0. The second kappa shape index (κ2) is 14.7. The van der Waals surface area contributed by atoms with Crippen molar-refractivity contribution in [3.8, 4) is 79.2 Å². The molecule has 5 nitrogen and oxygen atoms in total. The molecule has 0 fully saturated rings. The monoisotopic (exact) mass is 771 g/mol. The lowest BCUT2D eigenvalue weighted by Crippen LogP contribution is -2.00. The van der Waals surface area contributed by atoms with Crippen molar-refractivity contribution in [2.75, 3.05) is 0 Å². The Morgan fingerprint density at radius 2 is 0.814 bits per heavy atom. The summed E-state index contributed by atoms with van der Waals surface area (Å²) >= 11 is 1.83. The topological polar surface area (TPSA) is 64.5 Å². The minimum Gasteiger partial charge on any atom is -0.228 e. The first-order valence-electron chi connectivity index (χ1n) is 19.6. The van der Waals surface area contributed by atoms with Gasteiger partial charge in [-0.05, 0) is 40.8 Å². The molecule has 0 unspecified atom stereocenters. The average Bonchev–Trinajstić information content (AvgIpc) is 3.71. The molecule has 0 amide bonds. The summed E-state index contributed by atoms with van der Waals surface area (Å²) < 4.78 is 2.52. The van der Waals surface area contributed by atoms with Crippen LogP contribution in [0.4, 0.5) is 0 Å². The van der Waals surface area contributed by atoms with Crippen LogP contribution < -0.4 is 0 Å². The van der Waals surface area contributed by atoms with Crippen molar-refractivity contribution < 1.29 is 0 Å². The van der Waals surface area contributed by atoms with Gasteiger partial charge in [-0.3, -0.25) is 0 Å². The summed E-state index contributed by atoms with van der Waals surface area (Å²) in [5.41, 5.74) is 9.67. The van der Waals surface area contributed by atoms with Gasteiger partial charge in [0.05, 0.1) is 11.4 Å². The molecule has 0 N–H and O–H groups in total.